The molecule has 0 bridgehead atoms. The van der Waals surface area contributed by atoms with E-state index in [2.05, 4.69) is 57.4 Å². The van der Waals surface area contributed by atoms with E-state index in [1.54, 1.807) is 6.20 Å². The molecular weight excluding hydrogens is 324 g/mol. The SMILES string of the molecule is Cc1ccn2c(CN3CCN(c4ncccc4C#N)CC3)c(C)nc2c1. The Morgan fingerprint density at radius 1 is 1.15 bits per heavy atom. The average Bonchev–Trinajstić information content (AvgIpc) is 2.96. The molecule has 0 saturated carbocycles. The summed E-state index contributed by atoms with van der Waals surface area (Å²) in [5.74, 6) is 0.802. The second-order valence-corrected chi connectivity index (χ2v) is 6.83. The summed E-state index contributed by atoms with van der Waals surface area (Å²) in [6, 6.07) is 10.1. The summed E-state index contributed by atoms with van der Waals surface area (Å²) >= 11 is 0. The van der Waals surface area contributed by atoms with E-state index in [0.29, 0.717) is 5.56 Å². The molecular formula is C20H22N6. The summed E-state index contributed by atoms with van der Waals surface area (Å²) in [5.41, 5.74) is 5.24. The molecule has 0 unspecified atom stereocenters. The van der Waals surface area contributed by atoms with Crippen molar-refractivity contribution >= 4 is 11.5 Å². The first-order chi connectivity index (χ1) is 12.7. The van der Waals surface area contributed by atoms with Crippen LogP contribution >= 0.6 is 0 Å². The van der Waals surface area contributed by atoms with Gasteiger partial charge in [-0.15, -0.1) is 0 Å². The number of imidazole rings is 1. The summed E-state index contributed by atoms with van der Waals surface area (Å²) in [7, 11) is 0. The molecule has 0 aromatic carbocycles. The van der Waals surface area contributed by atoms with Gasteiger partial charge in [0.1, 0.15) is 17.5 Å². The minimum atomic E-state index is 0.647. The van der Waals surface area contributed by atoms with E-state index in [4.69, 9.17) is 4.98 Å². The van der Waals surface area contributed by atoms with Crippen LogP contribution in [-0.4, -0.2) is 45.4 Å². The molecule has 1 aliphatic heterocycles. The normalized spacial score (nSPS) is 15.3. The third-order valence-electron chi connectivity index (χ3n) is 5.03. The van der Waals surface area contributed by atoms with Crippen LogP contribution in [0.3, 0.4) is 0 Å². The Balaban J connectivity index is 1.48. The third-order valence-corrected chi connectivity index (χ3v) is 5.03. The van der Waals surface area contributed by atoms with Gasteiger partial charge in [0.2, 0.25) is 0 Å². The second-order valence-electron chi connectivity index (χ2n) is 6.83. The molecule has 6 nitrogen and oxygen atoms in total. The van der Waals surface area contributed by atoms with E-state index in [0.717, 1.165) is 49.9 Å². The number of hydrogen-bond donors (Lipinski definition) is 0. The van der Waals surface area contributed by atoms with Gasteiger partial charge < -0.3 is 9.30 Å². The predicted molar refractivity (Wildman–Crippen MR) is 101 cm³/mol. The van der Waals surface area contributed by atoms with Crippen LogP contribution < -0.4 is 4.90 Å². The van der Waals surface area contributed by atoms with Gasteiger partial charge in [0, 0.05) is 45.1 Å². The zero-order valence-corrected chi connectivity index (χ0v) is 15.2. The van der Waals surface area contributed by atoms with E-state index in [-0.39, 0.29) is 0 Å². The molecule has 1 saturated heterocycles. The highest BCUT2D eigenvalue weighted by atomic mass is 15.3. The Kier molecular flexibility index (Phi) is 4.31. The Bertz CT molecular complexity index is 976. The third kappa shape index (κ3) is 3.02. The van der Waals surface area contributed by atoms with E-state index in [9.17, 15) is 5.26 Å². The molecule has 132 valence electrons. The van der Waals surface area contributed by atoms with Gasteiger partial charge in [-0.25, -0.2) is 9.97 Å². The Hall–Kier alpha value is -2.91. The summed E-state index contributed by atoms with van der Waals surface area (Å²) < 4.78 is 2.20. The van der Waals surface area contributed by atoms with E-state index < -0.39 is 0 Å². The molecule has 1 aliphatic rings. The first-order valence-corrected chi connectivity index (χ1v) is 8.92. The van der Waals surface area contributed by atoms with Gasteiger partial charge >= 0.3 is 0 Å². The lowest BCUT2D eigenvalue weighted by molar-refractivity contribution is 0.245. The average molecular weight is 346 g/mol. The van der Waals surface area contributed by atoms with Crippen molar-refractivity contribution < 1.29 is 0 Å². The zero-order valence-electron chi connectivity index (χ0n) is 15.2. The first kappa shape index (κ1) is 16.6. The van der Waals surface area contributed by atoms with Crippen molar-refractivity contribution in [3.8, 4) is 6.07 Å². The van der Waals surface area contributed by atoms with Gasteiger partial charge in [0.05, 0.1) is 17.0 Å². The number of aryl methyl sites for hydroxylation is 2. The summed E-state index contributed by atoms with van der Waals surface area (Å²) in [6.45, 7) is 8.70. The van der Waals surface area contributed by atoms with E-state index >= 15 is 0 Å². The molecule has 0 atom stereocenters. The van der Waals surface area contributed by atoms with Crippen molar-refractivity contribution in [2.24, 2.45) is 0 Å². The van der Waals surface area contributed by atoms with Crippen LogP contribution in [0.4, 0.5) is 5.82 Å². The second kappa shape index (κ2) is 6.77. The molecule has 0 N–H and O–H groups in total. The summed E-state index contributed by atoms with van der Waals surface area (Å²) in [4.78, 5) is 13.8. The summed E-state index contributed by atoms with van der Waals surface area (Å²) in [5, 5.41) is 9.29. The van der Waals surface area contributed by atoms with Crippen LogP contribution in [0.5, 0.6) is 0 Å². The van der Waals surface area contributed by atoms with Gasteiger partial charge in [-0.1, -0.05) is 0 Å². The van der Waals surface area contributed by atoms with Crippen LogP contribution in [0.1, 0.15) is 22.5 Å². The van der Waals surface area contributed by atoms with Crippen LogP contribution in [-0.2, 0) is 6.54 Å². The maximum atomic E-state index is 9.29. The molecule has 3 aromatic rings. The van der Waals surface area contributed by atoms with Crippen molar-refractivity contribution in [3.63, 3.8) is 0 Å². The molecule has 0 spiro atoms. The highest BCUT2D eigenvalue weighted by Crippen LogP contribution is 2.20. The van der Waals surface area contributed by atoms with Gasteiger partial charge in [0.15, 0.2) is 0 Å². The van der Waals surface area contributed by atoms with Gasteiger partial charge in [0.25, 0.3) is 0 Å². The Morgan fingerprint density at radius 2 is 1.96 bits per heavy atom. The largest absolute Gasteiger partial charge is 0.353 e. The van der Waals surface area contributed by atoms with Crippen molar-refractivity contribution in [2.75, 3.05) is 31.1 Å². The minimum Gasteiger partial charge on any atom is -0.353 e. The molecule has 6 heteroatoms. The Morgan fingerprint density at radius 3 is 2.73 bits per heavy atom. The topological polar surface area (TPSA) is 60.5 Å². The van der Waals surface area contributed by atoms with Crippen LogP contribution in [0.2, 0.25) is 0 Å². The van der Waals surface area contributed by atoms with E-state index in [1.807, 2.05) is 12.1 Å². The number of anilines is 1. The lowest BCUT2D eigenvalue weighted by Crippen LogP contribution is -2.46. The number of fused-ring (bicyclic) bond motifs is 1. The highest BCUT2D eigenvalue weighted by Gasteiger charge is 2.21. The van der Waals surface area contributed by atoms with Crippen molar-refractivity contribution in [3.05, 3.63) is 59.2 Å². The predicted octanol–water partition coefficient (Wildman–Crippen LogP) is 2.54. The van der Waals surface area contributed by atoms with Gasteiger partial charge in [-0.05, 0) is 43.7 Å². The molecule has 1 fully saturated rings. The fraction of sp³-hybridized carbons (Fsp3) is 0.350. The molecule has 3 aromatic heterocycles. The fourth-order valence-electron chi connectivity index (χ4n) is 3.57. The van der Waals surface area contributed by atoms with Crippen molar-refractivity contribution in [1.82, 2.24) is 19.3 Å². The van der Waals surface area contributed by atoms with E-state index in [1.165, 1.54) is 11.3 Å². The molecule has 0 aliphatic carbocycles. The first-order valence-electron chi connectivity index (χ1n) is 8.92. The number of nitrogens with zero attached hydrogens (tertiary/aromatic N) is 6. The smallest absolute Gasteiger partial charge is 0.146 e. The number of piperazine rings is 1. The molecule has 0 radical (unpaired) electrons. The lowest BCUT2D eigenvalue weighted by atomic mass is 10.2. The number of pyridine rings is 2. The summed E-state index contributed by atoms with van der Waals surface area (Å²) in [6.07, 6.45) is 3.87. The lowest BCUT2D eigenvalue weighted by Gasteiger charge is -2.35. The maximum Gasteiger partial charge on any atom is 0.146 e. The van der Waals surface area contributed by atoms with Gasteiger partial charge in [-0.2, -0.15) is 5.26 Å². The molecule has 0 amide bonds. The fourth-order valence-corrected chi connectivity index (χ4v) is 3.57. The number of nitriles is 1. The number of hydrogen-bond acceptors (Lipinski definition) is 5. The van der Waals surface area contributed by atoms with Crippen LogP contribution in [0.25, 0.3) is 5.65 Å². The zero-order chi connectivity index (χ0) is 18.1. The van der Waals surface area contributed by atoms with Gasteiger partial charge in [-0.3, -0.25) is 4.90 Å². The quantitative estimate of drug-likeness (QED) is 0.729. The monoisotopic (exact) mass is 346 g/mol. The molecule has 4 heterocycles. The number of aromatic nitrogens is 3. The molecule has 4 rings (SSSR count). The van der Waals surface area contributed by atoms with Crippen LogP contribution in [0.15, 0.2) is 36.7 Å². The van der Waals surface area contributed by atoms with Crippen molar-refractivity contribution in [1.29, 1.82) is 5.26 Å². The van der Waals surface area contributed by atoms with Crippen molar-refractivity contribution in [2.45, 2.75) is 20.4 Å². The highest BCUT2D eigenvalue weighted by molar-refractivity contribution is 5.53. The number of rotatable bonds is 3. The van der Waals surface area contributed by atoms with Crippen LogP contribution in [0, 0.1) is 25.2 Å². The Labute approximate surface area is 153 Å². The minimum absolute atomic E-state index is 0.647. The molecule has 26 heavy (non-hydrogen) atoms. The standard InChI is InChI=1S/C20H22N6/c1-15-5-7-26-18(16(2)23-19(26)12-15)14-24-8-10-25(11-9-24)20-17(13-21)4-3-6-22-20/h3-7,12H,8-11,14H2,1-2H3. The maximum absolute atomic E-state index is 9.29.